The monoisotopic (exact) mass is 535 g/mol. The van der Waals surface area contributed by atoms with Crippen molar-refractivity contribution in [2.24, 2.45) is 5.41 Å². The average Bonchev–Trinajstić information content (AvgIpc) is 2.98. The smallest absolute Gasteiger partial charge is 0.256 e. The zero-order chi connectivity index (χ0) is 27.2. The molecule has 0 saturated carbocycles. The average molecular weight is 536 g/mol. The number of benzene rings is 2. The number of hydrogen-bond acceptors (Lipinski definition) is 6. The van der Waals surface area contributed by atoms with Crippen LogP contribution >= 0.6 is 0 Å². The fourth-order valence-electron chi connectivity index (χ4n) is 5.34. The molecule has 0 atom stereocenters. The van der Waals surface area contributed by atoms with Crippen LogP contribution in [-0.4, -0.2) is 66.0 Å². The maximum absolute atomic E-state index is 14.3. The highest BCUT2D eigenvalue weighted by molar-refractivity contribution is 5.97. The number of likely N-dealkylation sites (tertiary alicyclic amines) is 1. The molecule has 39 heavy (non-hydrogen) atoms. The highest BCUT2D eigenvalue weighted by Gasteiger charge is 2.38. The zero-order valence-corrected chi connectivity index (χ0v) is 21.6. The van der Waals surface area contributed by atoms with Crippen molar-refractivity contribution in [2.45, 2.75) is 25.7 Å². The minimum Gasteiger partial charge on any atom is -0.492 e. The van der Waals surface area contributed by atoms with Crippen LogP contribution < -0.4 is 15.0 Å². The Morgan fingerprint density at radius 1 is 0.974 bits per heavy atom. The van der Waals surface area contributed by atoms with Gasteiger partial charge in [0.1, 0.15) is 11.6 Å². The van der Waals surface area contributed by atoms with Crippen LogP contribution in [0.4, 0.5) is 14.6 Å². The van der Waals surface area contributed by atoms with E-state index in [4.69, 9.17) is 4.74 Å². The molecule has 2 aliphatic rings. The molecule has 1 fully saturated rings. The van der Waals surface area contributed by atoms with Crippen molar-refractivity contribution < 1.29 is 23.1 Å². The van der Waals surface area contributed by atoms with E-state index >= 15 is 0 Å². The number of fused-ring (bicyclic) bond motifs is 1. The number of rotatable bonds is 2. The summed E-state index contributed by atoms with van der Waals surface area (Å²) in [5.74, 6) is -1.62. The largest absolute Gasteiger partial charge is 0.492 e. The standard InChI is InChI=1S/C29H31F2N5O3/c30-23-7-3-6-22(26(23)31)28(38)36-16-10-29(11-17-36)9-4-15-35(25-19-32-12-13-33-25)18-14-34-27(37)21-5-1-2-8-24(21)39-20-29/h1-3,5-8,12-13,19H,4,9-11,14-18,20H2,(H,34,37). The first-order valence-corrected chi connectivity index (χ1v) is 13.2. The van der Waals surface area contributed by atoms with E-state index in [1.165, 1.54) is 12.1 Å². The number of anilines is 1. The summed E-state index contributed by atoms with van der Waals surface area (Å²) in [6, 6.07) is 10.8. The molecule has 1 N–H and O–H groups in total. The Hall–Kier alpha value is -4.08. The molecule has 2 amide bonds. The summed E-state index contributed by atoms with van der Waals surface area (Å²) in [4.78, 5) is 38.3. The van der Waals surface area contributed by atoms with Gasteiger partial charge in [-0.25, -0.2) is 13.8 Å². The lowest BCUT2D eigenvalue weighted by molar-refractivity contribution is 0.0361. The number of halogens is 2. The molecule has 5 rings (SSSR count). The predicted octanol–water partition coefficient (Wildman–Crippen LogP) is 4.09. The van der Waals surface area contributed by atoms with E-state index in [2.05, 4.69) is 20.2 Å². The van der Waals surface area contributed by atoms with E-state index in [9.17, 15) is 18.4 Å². The topological polar surface area (TPSA) is 87.7 Å². The second-order valence-corrected chi connectivity index (χ2v) is 10.1. The molecule has 204 valence electrons. The van der Waals surface area contributed by atoms with Gasteiger partial charge in [-0.05, 0) is 49.9 Å². The van der Waals surface area contributed by atoms with E-state index in [-0.39, 0.29) is 16.9 Å². The minimum atomic E-state index is -1.12. The SMILES string of the molecule is O=C1NCCN(c2cnccn2)CCCC2(CCN(C(=O)c3cccc(F)c3F)CC2)COc2ccccc21. The summed E-state index contributed by atoms with van der Waals surface area (Å²) < 4.78 is 34.3. The molecule has 0 aliphatic carbocycles. The van der Waals surface area contributed by atoms with Crippen molar-refractivity contribution in [3.05, 3.63) is 83.8 Å². The van der Waals surface area contributed by atoms with E-state index in [0.717, 1.165) is 24.7 Å². The third kappa shape index (κ3) is 6.00. The molecule has 3 aromatic rings. The number of carbonyl (C=O) groups excluding carboxylic acids is 2. The molecule has 0 radical (unpaired) electrons. The Morgan fingerprint density at radius 3 is 2.59 bits per heavy atom. The molecular formula is C29H31F2N5O3. The fraction of sp³-hybridized carbons (Fsp3) is 0.379. The van der Waals surface area contributed by atoms with E-state index in [0.29, 0.717) is 63.5 Å². The number of nitrogens with one attached hydrogen (secondary N) is 1. The summed E-state index contributed by atoms with van der Waals surface area (Å²) >= 11 is 0. The molecule has 1 saturated heterocycles. The molecule has 2 aliphatic heterocycles. The first kappa shape index (κ1) is 26.5. The van der Waals surface area contributed by atoms with Crippen molar-refractivity contribution in [3.8, 4) is 5.75 Å². The molecule has 1 spiro atoms. The van der Waals surface area contributed by atoms with Crippen molar-refractivity contribution in [1.82, 2.24) is 20.2 Å². The Labute approximate surface area is 226 Å². The fourth-order valence-corrected chi connectivity index (χ4v) is 5.34. The van der Waals surface area contributed by atoms with Crippen molar-refractivity contribution in [3.63, 3.8) is 0 Å². The van der Waals surface area contributed by atoms with Crippen LogP contribution in [0, 0.1) is 17.0 Å². The van der Waals surface area contributed by atoms with E-state index in [1.54, 1.807) is 41.7 Å². The highest BCUT2D eigenvalue weighted by atomic mass is 19.2. The molecule has 0 unspecified atom stereocenters. The van der Waals surface area contributed by atoms with Gasteiger partial charge in [-0.2, -0.15) is 0 Å². The highest BCUT2D eigenvalue weighted by Crippen LogP contribution is 2.38. The summed E-state index contributed by atoms with van der Waals surface area (Å²) in [5, 5.41) is 2.98. The lowest BCUT2D eigenvalue weighted by atomic mass is 9.75. The second kappa shape index (κ2) is 11.8. The second-order valence-electron chi connectivity index (χ2n) is 10.1. The number of para-hydroxylation sites is 1. The van der Waals surface area contributed by atoms with Crippen molar-refractivity contribution in [1.29, 1.82) is 0 Å². The van der Waals surface area contributed by atoms with Crippen LogP contribution in [0.1, 0.15) is 46.4 Å². The maximum atomic E-state index is 14.3. The summed E-state index contributed by atoms with van der Waals surface area (Å²) in [6.07, 6.45) is 7.91. The zero-order valence-electron chi connectivity index (χ0n) is 21.6. The number of hydrogen-bond donors (Lipinski definition) is 1. The predicted molar refractivity (Wildman–Crippen MR) is 142 cm³/mol. The van der Waals surface area contributed by atoms with Crippen LogP contribution in [-0.2, 0) is 0 Å². The summed E-state index contributed by atoms with van der Waals surface area (Å²) in [6.45, 7) is 2.88. The Morgan fingerprint density at radius 2 is 1.79 bits per heavy atom. The van der Waals surface area contributed by atoms with E-state index in [1.807, 2.05) is 6.07 Å². The number of nitrogens with zero attached hydrogens (tertiary/aromatic N) is 4. The number of piperidine rings is 1. The van der Waals surface area contributed by atoms with E-state index < -0.39 is 17.5 Å². The third-order valence-electron chi connectivity index (χ3n) is 7.63. The van der Waals surface area contributed by atoms with Gasteiger partial charge < -0.3 is 19.9 Å². The van der Waals surface area contributed by atoms with Gasteiger partial charge in [0.2, 0.25) is 0 Å². The molecule has 2 aromatic carbocycles. The van der Waals surface area contributed by atoms with Crippen LogP contribution in [0.25, 0.3) is 0 Å². The lowest BCUT2D eigenvalue weighted by Gasteiger charge is -2.42. The van der Waals surface area contributed by atoms with Gasteiger partial charge in [-0.3, -0.25) is 14.6 Å². The van der Waals surface area contributed by atoms with Crippen molar-refractivity contribution >= 4 is 17.6 Å². The molecule has 0 bridgehead atoms. The van der Waals surface area contributed by atoms with Gasteiger partial charge in [-0.15, -0.1) is 0 Å². The van der Waals surface area contributed by atoms with Gasteiger partial charge in [0.15, 0.2) is 11.6 Å². The Bertz CT molecular complexity index is 1320. The van der Waals surface area contributed by atoms with Gasteiger partial charge in [0.25, 0.3) is 11.8 Å². The molecular weight excluding hydrogens is 504 g/mol. The Balaban J connectivity index is 1.36. The number of carbonyl (C=O) groups is 2. The van der Waals surface area contributed by atoms with Gasteiger partial charge in [0.05, 0.1) is 23.9 Å². The first-order chi connectivity index (χ1) is 19.0. The molecule has 3 heterocycles. The van der Waals surface area contributed by atoms with Gasteiger partial charge >= 0.3 is 0 Å². The summed E-state index contributed by atoms with van der Waals surface area (Å²) in [5.41, 5.74) is -0.0491. The number of amides is 2. The van der Waals surface area contributed by atoms with Crippen LogP contribution in [0.3, 0.4) is 0 Å². The number of aromatic nitrogens is 2. The van der Waals surface area contributed by atoms with Crippen LogP contribution in [0.5, 0.6) is 5.75 Å². The van der Waals surface area contributed by atoms with Crippen LogP contribution in [0.15, 0.2) is 61.1 Å². The minimum absolute atomic E-state index is 0.212. The normalized spacial score (nSPS) is 18.2. The van der Waals surface area contributed by atoms with Gasteiger partial charge in [-0.1, -0.05) is 18.2 Å². The third-order valence-corrected chi connectivity index (χ3v) is 7.63. The first-order valence-electron chi connectivity index (χ1n) is 13.2. The number of ether oxygens (including phenoxy) is 1. The Kier molecular flexibility index (Phi) is 7.99. The maximum Gasteiger partial charge on any atom is 0.256 e. The van der Waals surface area contributed by atoms with Gasteiger partial charge in [0, 0.05) is 50.5 Å². The van der Waals surface area contributed by atoms with Crippen LogP contribution in [0.2, 0.25) is 0 Å². The quantitative estimate of drug-likeness (QED) is 0.532. The van der Waals surface area contributed by atoms with Crippen molar-refractivity contribution in [2.75, 3.05) is 44.2 Å². The molecule has 1 aromatic heterocycles. The lowest BCUT2D eigenvalue weighted by Crippen LogP contribution is -2.46. The summed E-state index contributed by atoms with van der Waals surface area (Å²) in [7, 11) is 0. The molecule has 8 nitrogen and oxygen atoms in total. The molecule has 10 heteroatoms.